The molecule has 5 rings (SSSR count). The molecule has 3 aliphatic heterocycles. The van der Waals surface area contributed by atoms with Crippen LogP contribution in [0.15, 0.2) is 64.3 Å². The Morgan fingerprint density at radius 2 is 1.91 bits per heavy atom. The van der Waals surface area contributed by atoms with Gasteiger partial charge in [0.25, 0.3) is 11.8 Å². The van der Waals surface area contributed by atoms with Crippen molar-refractivity contribution < 1.29 is 23.4 Å². The summed E-state index contributed by atoms with van der Waals surface area (Å²) in [5.74, 6) is -0.427. The molecule has 0 aliphatic carbocycles. The number of aliphatic imine (C=N–C) groups is 1. The number of furan rings is 1. The Balaban J connectivity index is 1.39. The minimum Gasteiger partial charge on any atom is -0.459 e. The summed E-state index contributed by atoms with van der Waals surface area (Å²) < 4.78 is 7.32. The van der Waals surface area contributed by atoms with Gasteiger partial charge in [0.1, 0.15) is 5.84 Å². The fourth-order valence-corrected chi connectivity index (χ4v) is 4.60. The van der Waals surface area contributed by atoms with Gasteiger partial charge in [-0.05, 0) is 29.8 Å². The van der Waals surface area contributed by atoms with Crippen molar-refractivity contribution >= 4 is 41.0 Å². The van der Waals surface area contributed by atoms with E-state index in [4.69, 9.17) is 16.0 Å². The van der Waals surface area contributed by atoms with E-state index in [1.807, 2.05) is 6.08 Å². The first-order chi connectivity index (χ1) is 16.4. The second-order valence-electron chi connectivity index (χ2n) is 8.31. The standard InChI is InChI=1S/C24H23ClN5O4/c1-27-21-20(23(32)30(24(27)33)15-16-4-6-17(25)7-5-16)18(8-9-26-21)28-10-12-29(13-11-28)22(31)19-3-2-14-34-19/h2-9,14,20H,10-13,15H2,1H3/q+1. The molecule has 9 nitrogen and oxygen atoms in total. The fourth-order valence-electron chi connectivity index (χ4n) is 4.47. The van der Waals surface area contributed by atoms with Crippen molar-refractivity contribution in [3.63, 3.8) is 0 Å². The van der Waals surface area contributed by atoms with Crippen LogP contribution >= 0.6 is 11.6 Å². The lowest BCUT2D eigenvalue weighted by molar-refractivity contribution is -0.538. The van der Waals surface area contributed by atoms with Crippen molar-refractivity contribution in [3.05, 3.63) is 71.3 Å². The molecule has 1 aromatic heterocycles. The van der Waals surface area contributed by atoms with Gasteiger partial charge in [-0.2, -0.15) is 0 Å². The van der Waals surface area contributed by atoms with Crippen LogP contribution in [0.3, 0.4) is 0 Å². The monoisotopic (exact) mass is 480 g/mol. The molecule has 1 unspecified atom stereocenters. The third kappa shape index (κ3) is 3.92. The molecule has 0 bridgehead atoms. The van der Waals surface area contributed by atoms with E-state index in [2.05, 4.69) is 9.57 Å². The molecule has 0 saturated carbocycles. The van der Waals surface area contributed by atoms with Gasteiger partial charge in [-0.3, -0.25) is 19.4 Å². The van der Waals surface area contributed by atoms with Crippen molar-refractivity contribution in [2.75, 3.05) is 33.2 Å². The highest BCUT2D eigenvalue weighted by Crippen LogP contribution is 2.25. The maximum Gasteiger partial charge on any atom is 0.332 e. The summed E-state index contributed by atoms with van der Waals surface area (Å²) in [4.78, 5) is 48.0. The Bertz CT molecular complexity index is 1220. The summed E-state index contributed by atoms with van der Waals surface area (Å²) in [7, 11) is 1.63. The zero-order valence-corrected chi connectivity index (χ0v) is 19.3. The van der Waals surface area contributed by atoms with E-state index in [9.17, 15) is 14.4 Å². The summed E-state index contributed by atoms with van der Waals surface area (Å²) in [6, 6.07) is 9.99. The SMILES string of the molecule is CN1C(=O)N(Cc2ccc(Cl)cc2)C(=O)C2C1=NC=CC2=[N+]1CCN(C(=O)c2ccco2)CC1. The van der Waals surface area contributed by atoms with E-state index in [0.717, 1.165) is 11.3 Å². The first-order valence-corrected chi connectivity index (χ1v) is 11.3. The first-order valence-electron chi connectivity index (χ1n) is 11.0. The lowest BCUT2D eigenvalue weighted by Crippen LogP contribution is -2.61. The zero-order chi connectivity index (χ0) is 23.8. The Morgan fingerprint density at radius 1 is 1.18 bits per heavy atom. The molecule has 2 fully saturated rings. The Labute approximate surface area is 201 Å². The maximum absolute atomic E-state index is 13.6. The van der Waals surface area contributed by atoms with Crippen molar-refractivity contribution in [1.82, 2.24) is 14.7 Å². The van der Waals surface area contributed by atoms with Crippen LogP contribution in [0.1, 0.15) is 16.1 Å². The summed E-state index contributed by atoms with van der Waals surface area (Å²) in [5, 5.41) is 0.587. The molecule has 34 heavy (non-hydrogen) atoms. The number of amides is 4. The first kappa shape index (κ1) is 22.1. The van der Waals surface area contributed by atoms with E-state index in [1.54, 1.807) is 54.5 Å². The zero-order valence-electron chi connectivity index (χ0n) is 18.6. The van der Waals surface area contributed by atoms with Gasteiger partial charge in [-0.25, -0.2) is 14.4 Å². The number of nitrogens with zero attached hydrogens (tertiary/aromatic N) is 5. The molecule has 1 aromatic carbocycles. The molecular formula is C24H23ClN5O4+. The topological polar surface area (TPSA) is 89.4 Å². The average Bonchev–Trinajstić information content (AvgIpc) is 3.41. The van der Waals surface area contributed by atoms with Gasteiger partial charge in [-0.1, -0.05) is 23.7 Å². The van der Waals surface area contributed by atoms with Gasteiger partial charge < -0.3 is 9.32 Å². The number of piperazine rings is 1. The summed E-state index contributed by atoms with van der Waals surface area (Å²) in [6.45, 7) is 2.24. The Morgan fingerprint density at radius 3 is 2.59 bits per heavy atom. The maximum atomic E-state index is 13.6. The van der Waals surface area contributed by atoms with Crippen molar-refractivity contribution in [1.29, 1.82) is 0 Å². The molecule has 10 heteroatoms. The molecule has 3 aliphatic rings. The van der Waals surface area contributed by atoms with E-state index in [1.165, 1.54) is 16.1 Å². The van der Waals surface area contributed by atoms with Gasteiger partial charge >= 0.3 is 6.03 Å². The smallest absolute Gasteiger partial charge is 0.332 e. The predicted molar refractivity (Wildman–Crippen MR) is 125 cm³/mol. The van der Waals surface area contributed by atoms with E-state index in [0.29, 0.717) is 42.8 Å². The number of benzene rings is 1. The number of carbonyl (C=O) groups excluding carboxylic acids is 3. The summed E-state index contributed by atoms with van der Waals surface area (Å²) in [6.07, 6.45) is 4.92. The molecule has 0 radical (unpaired) electrons. The predicted octanol–water partition coefficient (Wildman–Crippen LogP) is 2.48. The minimum atomic E-state index is -0.688. The van der Waals surface area contributed by atoms with Crippen molar-refractivity contribution in [3.8, 4) is 0 Å². The lowest BCUT2D eigenvalue weighted by Gasteiger charge is -2.38. The highest BCUT2D eigenvalue weighted by atomic mass is 35.5. The largest absolute Gasteiger partial charge is 0.459 e. The molecule has 1 atom stereocenters. The van der Waals surface area contributed by atoms with Crippen LogP contribution in [0.2, 0.25) is 5.02 Å². The number of amidine groups is 1. The van der Waals surface area contributed by atoms with Gasteiger partial charge in [0.05, 0.1) is 25.9 Å². The number of hydrogen-bond donors (Lipinski definition) is 0. The molecule has 0 N–H and O–H groups in total. The van der Waals surface area contributed by atoms with Crippen LogP contribution in [0.5, 0.6) is 0 Å². The van der Waals surface area contributed by atoms with Crippen LogP contribution < -0.4 is 0 Å². The Kier molecular flexibility index (Phi) is 5.79. The molecule has 174 valence electrons. The van der Waals surface area contributed by atoms with Gasteiger partial charge in [-0.15, -0.1) is 0 Å². The number of carbonyl (C=O) groups is 3. The van der Waals surface area contributed by atoms with Gasteiger partial charge in [0.2, 0.25) is 0 Å². The number of rotatable bonds is 3. The van der Waals surface area contributed by atoms with E-state index < -0.39 is 11.9 Å². The van der Waals surface area contributed by atoms with Crippen LogP contribution in [-0.2, 0) is 11.3 Å². The van der Waals surface area contributed by atoms with Crippen molar-refractivity contribution in [2.24, 2.45) is 10.9 Å². The number of hydrogen-bond acceptors (Lipinski definition) is 5. The summed E-state index contributed by atoms with van der Waals surface area (Å²) >= 11 is 5.97. The normalized spacial score (nSPS) is 20.6. The second-order valence-corrected chi connectivity index (χ2v) is 8.75. The van der Waals surface area contributed by atoms with Crippen LogP contribution in [0.4, 0.5) is 4.79 Å². The van der Waals surface area contributed by atoms with E-state index in [-0.39, 0.29) is 18.4 Å². The van der Waals surface area contributed by atoms with Crippen LogP contribution in [0.25, 0.3) is 0 Å². The summed E-state index contributed by atoms with van der Waals surface area (Å²) in [5.41, 5.74) is 1.58. The highest BCUT2D eigenvalue weighted by molar-refractivity contribution is 6.31. The molecule has 4 heterocycles. The third-order valence-electron chi connectivity index (χ3n) is 6.30. The van der Waals surface area contributed by atoms with Crippen LogP contribution in [0, 0.1) is 5.92 Å². The van der Waals surface area contributed by atoms with E-state index >= 15 is 0 Å². The minimum absolute atomic E-state index is 0.144. The number of allylic oxidation sites excluding steroid dienone is 1. The molecule has 4 amide bonds. The van der Waals surface area contributed by atoms with Gasteiger partial charge in [0, 0.05) is 24.3 Å². The fraction of sp³-hybridized carbons (Fsp3) is 0.292. The lowest BCUT2D eigenvalue weighted by atomic mass is 9.94. The third-order valence-corrected chi connectivity index (χ3v) is 6.55. The number of halogens is 1. The number of fused-ring (bicyclic) bond motifs is 1. The number of urea groups is 1. The van der Waals surface area contributed by atoms with Gasteiger partial charge in [0.15, 0.2) is 30.5 Å². The second kappa shape index (κ2) is 8.90. The van der Waals surface area contributed by atoms with Crippen molar-refractivity contribution in [2.45, 2.75) is 6.54 Å². The Hall–Kier alpha value is -3.72. The molecule has 2 saturated heterocycles. The highest BCUT2D eigenvalue weighted by Gasteiger charge is 2.48. The molecular weight excluding hydrogens is 458 g/mol. The molecule has 2 aromatic rings. The quantitative estimate of drug-likeness (QED) is 0.631. The van der Waals surface area contributed by atoms with Crippen LogP contribution in [-0.4, -0.2) is 81.9 Å². The average molecular weight is 481 g/mol. The molecule has 0 spiro atoms. The number of imide groups is 1.